The molecule has 0 atom stereocenters. The largest absolute Gasteiger partial charge is 0.381 e. The van der Waals surface area contributed by atoms with Crippen LogP contribution in [0.2, 0.25) is 0 Å². The number of benzene rings is 1. The summed E-state index contributed by atoms with van der Waals surface area (Å²) in [6.45, 7) is 7.10. The average molecular weight is 208 g/mol. The smallest absolute Gasteiger partial charge is 0.0716 e. The molecule has 0 aliphatic heterocycles. The fraction of sp³-hybridized carbons (Fsp3) is 0.538. The molecule has 0 aliphatic rings. The Labute approximate surface area is 92.2 Å². The minimum absolute atomic E-state index is 0.707. The van der Waals surface area contributed by atoms with Crippen molar-refractivity contribution in [2.75, 3.05) is 19.8 Å². The van der Waals surface area contributed by atoms with Crippen LogP contribution in [-0.4, -0.2) is 19.8 Å². The number of hydrogen-bond donors (Lipinski definition) is 0. The van der Waals surface area contributed by atoms with Crippen LogP contribution in [0, 0.1) is 0 Å². The Balaban J connectivity index is 2.42. The normalized spacial score (nSPS) is 10.5. The maximum absolute atomic E-state index is 5.37. The third kappa shape index (κ3) is 4.96. The molecule has 0 unspecified atom stereocenters. The Bertz CT molecular complexity index is 271. The van der Waals surface area contributed by atoms with Gasteiger partial charge in [0.1, 0.15) is 0 Å². The number of ether oxygens (including phenoxy) is 2. The van der Waals surface area contributed by atoms with Crippen molar-refractivity contribution in [1.82, 2.24) is 0 Å². The highest BCUT2D eigenvalue weighted by molar-refractivity contribution is 5.23. The molecule has 0 fully saturated rings. The summed E-state index contributed by atoms with van der Waals surface area (Å²) in [7, 11) is 0. The lowest BCUT2D eigenvalue weighted by Crippen LogP contribution is -1.99. The van der Waals surface area contributed by atoms with Crippen LogP contribution in [-0.2, 0) is 22.5 Å². The van der Waals surface area contributed by atoms with Crippen LogP contribution >= 0.6 is 0 Å². The monoisotopic (exact) mass is 208 g/mol. The molecule has 0 saturated heterocycles. The Morgan fingerprint density at radius 3 is 2.47 bits per heavy atom. The van der Waals surface area contributed by atoms with E-state index < -0.39 is 0 Å². The van der Waals surface area contributed by atoms with Crippen molar-refractivity contribution in [3.8, 4) is 0 Å². The van der Waals surface area contributed by atoms with E-state index in [9.17, 15) is 0 Å². The molecule has 15 heavy (non-hydrogen) atoms. The lowest BCUT2D eigenvalue weighted by Gasteiger charge is -2.05. The van der Waals surface area contributed by atoms with Gasteiger partial charge in [-0.15, -0.1) is 0 Å². The summed E-state index contributed by atoms with van der Waals surface area (Å²) >= 11 is 0. The second-order valence-electron chi connectivity index (χ2n) is 3.40. The first kappa shape index (κ1) is 12.2. The zero-order chi connectivity index (χ0) is 10.9. The van der Waals surface area contributed by atoms with E-state index in [1.807, 2.05) is 13.8 Å². The van der Waals surface area contributed by atoms with Crippen LogP contribution in [0.25, 0.3) is 0 Å². The molecule has 0 heterocycles. The summed E-state index contributed by atoms with van der Waals surface area (Å²) in [5.41, 5.74) is 2.56. The first-order valence-electron chi connectivity index (χ1n) is 5.60. The molecule has 0 N–H and O–H groups in total. The molecule has 0 aliphatic carbocycles. The molecule has 1 rings (SSSR count). The molecular formula is C13H20O2. The molecular weight excluding hydrogens is 188 g/mol. The molecule has 1 aromatic carbocycles. The van der Waals surface area contributed by atoms with E-state index in [1.165, 1.54) is 11.1 Å². The van der Waals surface area contributed by atoms with Gasteiger partial charge in [0.2, 0.25) is 0 Å². The average Bonchev–Trinajstić information content (AvgIpc) is 2.27. The molecule has 1 aromatic rings. The van der Waals surface area contributed by atoms with Gasteiger partial charge < -0.3 is 9.47 Å². The molecule has 0 bridgehead atoms. The zero-order valence-corrected chi connectivity index (χ0v) is 9.66. The maximum Gasteiger partial charge on any atom is 0.0716 e. The topological polar surface area (TPSA) is 18.5 Å². The highest BCUT2D eigenvalue weighted by Gasteiger charge is 1.96. The number of rotatable bonds is 7. The van der Waals surface area contributed by atoms with Crippen molar-refractivity contribution < 1.29 is 9.47 Å². The van der Waals surface area contributed by atoms with Gasteiger partial charge in [0, 0.05) is 13.2 Å². The minimum Gasteiger partial charge on any atom is -0.381 e. The van der Waals surface area contributed by atoms with E-state index in [4.69, 9.17) is 9.47 Å². The molecule has 0 amide bonds. The van der Waals surface area contributed by atoms with Crippen LogP contribution < -0.4 is 0 Å². The van der Waals surface area contributed by atoms with E-state index >= 15 is 0 Å². The van der Waals surface area contributed by atoms with Gasteiger partial charge in [-0.25, -0.2) is 0 Å². The van der Waals surface area contributed by atoms with Gasteiger partial charge in [-0.2, -0.15) is 0 Å². The first-order chi connectivity index (χ1) is 7.36. The standard InChI is InChI=1S/C13H20O2/c1-3-14-9-8-12-6-5-7-13(10-12)11-15-4-2/h5-7,10H,3-4,8-9,11H2,1-2H3. The number of hydrogen-bond acceptors (Lipinski definition) is 2. The van der Waals surface area contributed by atoms with Crippen LogP contribution in [0.5, 0.6) is 0 Å². The Hall–Kier alpha value is -0.860. The Kier molecular flexibility index (Phi) is 6.05. The van der Waals surface area contributed by atoms with Crippen molar-refractivity contribution in [1.29, 1.82) is 0 Å². The van der Waals surface area contributed by atoms with Crippen molar-refractivity contribution in [3.05, 3.63) is 35.4 Å². The third-order valence-corrected chi connectivity index (χ3v) is 2.20. The van der Waals surface area contributed by atoms with Crippen molar-refractivity contribution in [2.45, 2.75) is 26.9 Å². The van der Waals surface area contributed by atoms with E-state index in [0.29, 0.717) is 6.61 Å². The van der Waals surface area contributed by atoms with Gasteiger partial charge in [0.05, 0.1) is 13.2 Å². The van der Waals surface area contributed by atoms with Crippen LogP contribution in [0.3, 0.4) is 0 Å². The van der Waals surface area contributed by atoms with Crippen LogP contribution in [0.1, 0.15) is 25.0 Å². The van der Waals surface area contributed by atoms with E-state index in [0.717, 1.165) is 26.2 Å². The van der Waals surface area contributed by atoms with Crippen LogP contribution in [0.15, 0.2) is 24.3 Å². The maximum atomic E-state index is 5.37. The van der Waals surface area contributed by atoms with E-state index in [2.05, 4.69) is 24.3 Å². The molecule has 2 nitrogen and oxygen atoms in total. The Morgan fingerprint density at radius 1 is 1.00 bits per heavy atom. The van der Waals surface area contributed by atoms with Crippen molar-refractivity contribution >= 4 is 0 Å². The summed E-state index contributed by atoms with van der Waals surface area (Å²) in [5.74, 6) is 0. The van der Waals surface area contributed by atoms with Crippen molar-refractivity contribution in [2.24, 2.45) is 0 Å². The first-order valence-corrected chi connectivity index (χ1v) is 5.60. The van der Waals surface area contributed by atoms with Crippen molar-refractivity contribution in [3.63, 3.8) is 0 Å². The summed E-state index contributed by atoms with van der Waals surface area (Å²) in [4.78, 5) is 0. The SMILES string of the molecule is CCOCCc1cccc(COCC)c1. The van der Waals surface area contributed by atoms with Gasteiger partial charge in [-0.05, 0) is 31.4 Å². The quantitative estimate of drug-likeness (QED) is 0.641. The van der Waals surface area contributed by atoms with Gasteiger partial charge in [0.25, 0.3) is 0 Å². The molecule has 0 radical (unpaired) electrons. The predicted molar refractivity (Wildman–Crippen MR) is 62.0 cm³/mol. The second-order valence-corrected chi connectivity index (χ2v) is 3.40. The highest BCUT2D eigenvalue weighted by atomic mass is 16.5. The molecule has 0 spiro atoms. The molecule has 0 saturated carbocycles. The lowest BCUT2D eigenvalue weighted by atomic mass is 10.1. The zero-order valence-electron chi connectivity index (χ0n) is 9.66. The summed E-state index contributed by atoms with van der Waals surface area (Å²) in [6, 6.07) is 8.50. The van der Waals surface area contributed by atoms with Gasteiger partial charge in [-0.3, -0.25) is 0 Å². The minimum atomic E-state index is 0.707. The second kappa shape index (κ2) is 7.43. The lowest BCUT2D eigenvalue weighted by molar-refractivity contribution is 0.134. The fourth-order valence-corrected chi connectivity index (χ4v) is 1.43. The van der Waals surface area contributed by atoms with Crippen LogP contribution in [0.4, 0.5) is 0 Å². The molecule has 0 aromatic heterocycles. The third-order valence-electron chi connectivity index (χ3n) is 2.20. The predicted octanol–water partition coefficient (Wildman–Crippen LogP) is 2.80. The summed E-state index contributed by atoms with van der Waals surface area (Å²) in [6.07, 6.45) is 0.980. The molecule has 84 valence electrons. The van der Waals surface area contributed by atoms with E-state index in [-0.39, 0.29) is 0 Å². The van der Waals surface area contributed by atoms with Gasteiger partial charge in [0.15, 0.2) is 0 Å². The highest BCUT2D eigenvalue weighted by Crippen LogP contribution is 2.07. The fourth-order valence-electron chi connectivity index (χ4n) is 1.43. The molecule has 2 heteroatoms. The summed E-state index contributed by atoms with van der Waals surface area (Å²) < 4.78 is 10.7. The summed E-state index contributed by atoms with van der Waals surface area (Å²) in [5, 5.41) is 0. The van der Waals surface area contributed by atoms with Gasteiger partial charge >= 0.3 is 0 Å². The van der Waals surface area contributed by atoms with E-state index in [1.54, 1.807) is 0 Å². The Morgan fingerprint density at radius 2 is 1.73 bits per heavy atom. The van der Waals surface area contributed by atoms with Gasteiger partial charge in [-0.1, -0.05) is 24.3 Å².